The highest BCUT2D eigenvalue weighted by Gasteiger charge is 2.24. The lowest BCUT2D eigenvalue weighted by Gasteiger charge is -2.06. The van der Waals surface area contributed by atoms with Gasteiger partial charge in [0.15, 0.2) is 0 Å². The molecule has 0 bridgehead atoms. The maximum Gasteiger partial charge on any atom is 0.274 e. The molecular weight excluding hydrogens is 356 g/mol. The van der Waals surface area contributed by atoms with Crippen molar-refractivity contribution in [3.63, 3.8) is 0 Å². The van der Waals surface area contributed by atoms with Gasteiger partial charge in [0.2, 0.25) is 0 Å². The number of nitrogens with one attached hydrogen (secondary N) is 1. The summed E-state index contributed by atoms with van der Waals surface area (Å²) in [5, 5.41) is 5.55. The predicted octanol–water partition coefficient (Wildman–Crippen LogP) is 4.09. The Labute approximate surface area is 142 Å². The summed E-state index contributed by atoms with van der Waals surface area (Å²) in [6.45, 7) is 1.63. The van der Waals surface area contributed by atoms with Crippen molar-refractivity contribution in [1.82, 2.24) is 5.16 Å². The molecule has 0 unspecified atom stereocenters. The highest BCUT2D eigenvalue weighted by molar-refractivity contribution is 7.94. The molecule has 0 aliphatic heterocycles. The maximum absolute atomic E-state index is 12.6. The number of rotatable bonds is 5. The largest absolute Gasteiger partial charge is 0.336 e. The van der Waals surface area contributed by atoms with Gasteiger partial charge >= 0.3 is 0 Å². The van der Waals surface area contributed by atoms with Crippen LogP contribution in [0.5, 0.6) is 0 Å². The van der Waals surface area contributed by atoms with E-state index in [1.807, 2.05) is 30.3 Å². The number of halogens is 1. The van der Waals surface area contributed by atoms with Gasteiger partial charge in [-0.05, 0) is 35.9 Å². The Kier molecular flexibility index (Phi) is 4.43. The van der Waals surface area contributed by atoms with Crippen LogP contribution in [0.4, 0.5) is 5.88 Å². The van der Waals surface area contributed by atoms with E-state index in [0.717, 1.165) is 22.5 Å². The summed E-state index contributed by atoms with van der Waals surface area (Å²) in [5.41, 5.74) is 2.19. The summed E-state index contributed by atoms with van der Waals surface area (Å²) in [7, 11) is -3.78. The van der Waals surface area contributed by atoms with Crippen LogP contribution >= 0.6 is 22.9 Å². The van der Waals surface area contributed by atoms with Crippen molar-refractivity contribution in [3.05, 3.63) is 63.6 Å². The number of hydrogen-bond acceptors (Lipinski definition) is 5. The number of sulfonamides is 1. The van der Waals surface area contributed by atoms with Gasteiger partial charge in [-0.3, -0.25) is 0 Å². The van der Waals surface area contributed by atoms with Gasteiger partial charge in [-0.1, -0.05) is 47.1 Å². The van der Waals surface area contributed by atoms with Crippen LogP contribution in [-0.4, -0.2) is 13.6 Å². The Balaban J connectivity index is 1.89. The van der Waals surface area contributed by atoms with Gasteiger partial charge in [-0.25, -0.2) is 13.1 Å². The third kappa shape index (κ3) is 3.41. The van der Waals surface area contributed by atoms with Gasteiger partial charge in [0, 0.05) is 0 Å². The van der Waals surface area contributed by atoms with Crippen LogP contribution in [-0.2, 0) is 16.4 Å². The molecule has 0 atom stereocenters. The maximum atomic E-state index is 12.6. The molecule has 2 heterocycles. The van der Waals surface area contributed by atoms with Gasteiger partial charge in [-0.15, -0.1) is 11.3 Å². The summed E-state index contributed by atoms with van der Waals surface area (Å²) in [6, 6.07) is 11.5. The summed E-state index contributed by atoms with van der Waals surface area (Å²) in [6.07, 6.45) is 0.531. The van der Waals surface area contributed by atoms with Crippen LogP contribution in [0.1, 0.15) is 16.8 Å². The molecule has 1 aromatic carbocycles. The number of nitrogens with zero attached hydrogens (tertiary/aromatic N) is 1. The molecule has 0 aliphatic carbocycles. The van der Waals surface area contributed by atoms with E-state index < -0.39 is 10.0 Å². The Morgan fingerprint density at radius 1 is 1.26 bits per heavy atom. The molecule has 8 heteroatoms. The molecule has 23 heavy (non-hydrogen) atoms. The first-order chi connectivity index (χ1) is 11.0. The third-order valence-corrected chi connectivity index (χ3v) is 6.55. The Hall–Kier alpha value is -1.83. The van der Waals surface area contributed by atoms with E-state index in [1.54, 1.807) is 18.4 Å². The highest BCUT2D eigenvalue weighted by Crippen LogP contribution is 2.31. The van der Waals surface area contributed by atoms with Gasteiger partial charge < -0.3 is 4.52 Å². The monoisotopic (exact) mass is 368 g/mol. The van der Waals surface area contributed by atoms with Crippen molar-refractivity contribution in [3.8, 4) is 0 Å². The second-order valence-electron chi connectivity index (χ2n) is 4.91. The molecule has 0 fully saturated rings. The second-order valence-corrected chi connectivity index (χ2v) is 8.08. The molecular formula is C15H13ClN2O3S2. The summed E-state index contributed by atoms with van der Waals surface area (Å²) in [4.78, 5) is 0. The Morgan fingerprint density at radius 2 is 2.00 bits per heavy atom. The van der Waals surface area contributed by atoms with Crippen LogP contribution in [0.3, 0.4) is 0 Å². The second kappa shape index (κ2) is 6.35. The van der Waals surface area contributed by atoms with Crippen LogP contribution in [0.25, 0.3) is 0 Å². The number of anilines is 1. The number of benzene rings is 1. The number of thiophene rings is 1. The first kappa shape index (κ1) is 16.0. The Morgan fingerprint density at radius 3 is 2.65 bits per heavy atom. The summed E-state index contributed by atoms with van der Waals surface area (Å²) in [5.74, 6) is -0.0665. The lowest BCUT2D eigenvalue weighted by Crippen LogP contribution is -2.13. The Bertz CT molecular complexity index is 917. The first-order valence-electron chi connectivity index (χ1n) is 6.72. The first-order valence-corrected chi connectivity index (χ1v) is 9.46. The number of hydrogen-bond donors (Lipinski definition) is 1. The predicted molar refractivity (Wildman–Crippen MR) is 90.6 cm³/mol. The SMILES string of the molecule is Cc1noc(NS(=O)(=O)c2sccc2Cc2ccccc2)c1Cl. The lowest BCUT2D eigenvalue weighted by molar-refractivity contribution is 0.430. The van der Waals surface area contributed by atoms with Crippen molar-refractivity contribution in [2.75, 3.05) is 4.72 Å². The standard InChI is InChI=1S/C15H13ClN2O3S2/c1-10-13(16)14(21-17-10)18-23(19,20)15-12(7-8-22-15)9-11-5-3-2-4-6-11/h2-8,18H,9H2,1H3. The molecule has 0 amide bonds. The van der Waals surface area contributed by atoms with E-state index in [2.05, 4.69) is 9.88 Å². The fourth-order valence-electron chi connectivity index (χ4n) is 2.09. The third-order valence-electron chi connectivity index (χ3n) is 3.21. The fraction of sp³-hybridized carbons (Fsp3) is 0.133. The summed E-state index contributed by atoms with van der Waals surface area (Å²) >= 11 is 7.12. The van der Waals surface area contributed by atoms with Crippen molar-refractivity contribution < 1.29 is 12.9 Å². The van der Waals surface area contributed by atoms with E-state index in [1.165, 1.54) is 0 Å². The molecule has 0 saturated carbocycles. The van der Waals surface area contributed by atoms with E-state index in [4.69, 9.17) is 16.1 Å². The quantitative estimate of drug-likeness (QED) is 0.736. The smallest absolute Gasteiger partial charge is 0.274 e. The van der Waals surface area contributed by atoms with Crippen molar-refractivity contribution in [2.45, 2.75) is 17.6 Å². The van der Waals surface area contributed by atoms with Gasteiger partial charge in [0.25, 0.3) is 15.9 Å². The summed E-state index contributed by atoms with van der Waals surface area (Å²) < 4.78 is 32.7. The highest BCUT2D eigenvalue weighted by atomic mass is 35.5. The minimum absolute atomic E-state index is 0.0665. The molecule has 3 rings (SSSR count). The zero-order valence-corrected chi connectivity index (χ0v) is 14.5. The molecule has 2 aromatic heterocycles. The zero-order valence-electron chi connectivity index (χ0n) is 12.1. The van der Waals surface area contributed by atoms with Gasteiger partial charge in [0.1, 0.15) is 14.9 Å². The van der Waals surface area contributed by atoms with Crippen molar-refractivity contribution >= 4 is 38.8 Å². The van der Waals surface area contributed by atoms with E-state index in [-0.39, 0.29) is 15.1 Å². The average molecular weight is 369 g/mol. The molecule has 0 spiro atoms. The van der Waals surface area contributed by atoms with E-state index >= 15 is 0 Å². The van der Waals surface area contributed by atoms with Crippen LogP contribution < -0.4 is 4.72 Å². The van der Waals surface area contributed by atoms with E-state index in [9.17, 15) is 8.42 Å². The number of aryl methyl sites for hydroxylation is 1. The van der Waals surface area contributed by atoms with Gasteiger partial charge in [-0.2, -0.15) is 0 Å². The molecule has 5 nitrogen and oxygen atoms in total. The van der Waals surface area contributed by atoms with Crippen LogP contribution in [0.2, 0.25) is 5.02 Å². The normalized spacial score (nSPS) is 11.6. The lowest BCUT2D eigenvalue weighted by atomic mass is 10.1. The molecule has 1 N–H and O–H groups in total. The molecule has 0 saturated heterocycles. The molecule has 120 valence electrons. The molecule has 0 aliphatic rings. The molecule has 0 radical (unpaired) electrons. The minimum Gasteiger partial charge on any atom is -0.336 e. The van der Waals surface area contributed by atoms with Crippen molar-refractivity contribution in [1.29, 1.82) is 0 Å². The zero-order chi connectivity index (χ0) is 16.4. The topological polar surface area (TPSA) is 72.2 Å². The average Bonchev–Trinajstić information content (AvgIpc) is 3.11. The van der Waals surface area contributed by atoms with Crippen LogP contribution in [0.15, 0.2) is 50.5 Å². The molecule has 3 aromatic rings. The minimum atomic E-state index is -3.78. The van der Waals surface area contributed by atoms with Crippen LogP contribution in [0, 0.1) is 6.92 Å². The van der Waals surface area contributed by atoms with Crippen molar-refractivity contribution in [2.24, 2.45) is 0 Å². The van der Waals surface area contributed by atoms with Gasteiger partial charge in [0.05, 0.1) is 0 Å². The fourth-order valence-corrected chi connectivity index (χ4v) is 4.67. The number of aromatic nitrogens is 1. The van der Waals surface area contributed by atoms with E-state index in [0.29, 0.717) is 12.1 Å².